The Bertz CT molecular complexity index is 604. The van der Waals surface area contributed by atoms with Gasteiger partial charge in [-0.2, -0.15) is 18.3 Å². The summed E-state index contributed by atoms with van der Waals surface area (Å²) in [6.45, 7) is 3.75. The minimum absolute atomic E-state index is 0.0435. The highest BCUT2D eigenvalue weighted by atomic mass is 19.4. The molecule has 0 spiro atoms. The van der Waals surface area contributed by atoms with E-state index in [0.717, 1.165) is 17.8 Å². The molecule has 2 aliphatic rings. The molecule has 0 unspecified atom stereocenters. The fourth-order valence-electron chi connectivity index (χ4n) is 3.12. The molecule has 1 atom stereocenters. The number of aryl methyl sites for hydroxylation is 1. The molecule has 0 saturated carbocycles. The molecule has 2 saturated heterocycles. The Hall–Kier alpha value is -1.81. The number of hydrogen-bond acceptors (Lipinski definition) is 4. The van der Waals surface area contributed by atoms with Gasteiger partial charge in [0.2, 0.25) is 0 Å². The fraction of sp³-hybridized carbons (Fsp3) is 0.714. The van der Waals surface area contributed by atoms with Crippen molar-refractivity contribution >= 4 is 6.03 Å². The van der Waals surface area contributed by atoms with Gasteiger partial charge in [-0.25, -0.2) is 4.79 Å². The lowest BCUT2D eigenvalue weighted by Gasteiger charge is -2.43. The molecule has 24 heavy (non-hydrogen) atoms. The van der Waals surface area contributed by atoms with Gasteiger partial charge in [-0.15, -0.1) is 0 Å². The highest BCUT2D eigenvalue weighted by Crippen LogP contribution is 2.30. The lowest BCUT2D eigenvalue weighted by Crippen LogP contribution is -2.60. The molecule has 1 aromatic heterocycles. The molecular formula is C14H20F3N5O2. The first-order chi connectivity index (χ1) is 11.3. The molecular weight excluding hydrogens is 327 g/mol. The molecule has 2 aliphatic heterocycles. The minimum atomic E-state index is -4.54. The Morgan fingerprint density at radius 3 is 2.96 bits per heavy atom. The quantitative estimate of drug-likeness (QED) is 0.854. The molecule has 0 aromatic carbocycles. The van der Waals surface area contributed by atoms with Crippen LogP contribution in [0.2, 0.25) is 0 Å². The van der Waals surface area contributed by atoms with E-state index in [1.54, 1.807) is 4.90 Å². The van der Waals surface area contributed by atoms with E-state index in [4.69, 9.17) is 4.74 Å². The van der Waals surface area contributed by atoms with Crippen LogP contribution in [0, 0.1) is 0 Å². The van der Waals surface area contributed by atoms with Gasteiger partial charge in [-0.05, 0) is 0 Å². The monoisotopic (exact) mass is 347 g/mol. The number of piperazine rings is 1. The van der Waals surface area contributed by atoms with Crippen LogP contribution in [0.4, 0.5) is 18.0 Å². The second-order valence-corrected chi connectivity index (χ2v) is 6.04. The van der Waals surface area contributed by atoms with E-state index in [-0.39, 0.29) is 24.2 Å². The van der Waals surface area contributed by atoms with Crippen LogP contribution in [0.1, 0.15) is 11.3 Å². The zero-order valence-electron chi connectivity index (χ0n) is 13.3. The number of morpholine rings is 1. The summed E-state index contributed by atoms with van der Waals surface area (Å²) in [5, 5.41) is 5.99. The topological polar surface area (TPSA) is 62.6 Å². The molecule has 2 amide bonds. The number of fused-ring (bicyclic) bond motifs is 1. The van der Waals surface area contributed by atoms with Crippen molar-refractivity contribution in [3.8, 4) is 0 Å². The third-order valence-electron chi connectivity index (χ3n) is 4.33. The first-order valence-electron chi connectivity index (χ1n) is 7.79. The van der Waals surface area contributed by atoms with Crippen molar-refractivity contribution in [2.24, 2.45) is 7.05 Å². The molecule has 10 heteroatoms. The lowest BCUT2D eigenvalue weighted by atomic mass is 10.1. The molecule has 1 N–H and O–H groups in total. The first kappa shape index (κ1) is 17.0. The second-order valence-electron chi connectivity index (χ2n) is 6.04. The van der Waals surface area contributed by atoms with Gasteiger partial charge in [-0.1, -0.05) is 0 Å². The van der Waals surface area contributed by atoms with Crippen LogP contribution in [-0.4, -0.2) is 71.0 Å². The molecule has 0 aliphatic carbocycles. The van der Waals surface area contributed by atoms with E-state index >= 15 is 0 Å². The molecule has 3 heterocycles. The van der Waals surface area contributed by atoms with Crippen LogP contribution in [0.15, 0.2) is 6.20 Å². The van der Waals surface area contributed by atoms with Crippen molar-refractivity contribution in [1.29, 1.82) is 0 Å². The number of urea groups is 1. The second kappa shape index (κ2) is 6.60. The number of nitrogens with one attached hydrogen (secondary N) is 1. The van der Waals surface area contributed by atoms with E-state index in [2.05, 4.69) is 15.3 Å². The molecule has 0 radical (unpaired) electrons. The van der Waals surface area contributed by atoms with Crippen LogP contribution in [0.5, 0.6) is 0 Å². The van der Waals surface area contributed by atoms with Gasteiger partial charge in [0.15, 0.2) is 5.69 Å². The Balaban J connectivity index is 1.58. The van der Waals surface area contributed by atoms with Crippen molar-refractivity contribution < 1.29 is 22.7 Å². The minimum Gasteiger partial charge on any atom is -0.378 e. The molecule has 7 nitrogen and oxygen atoms in total. The van der Waals surface area contributed by atoms with Gasteiger partial charge in [0, 0.05) is 51.5 Å². The van der Waals surface area contributed by atoms with Crippen molar-refractivity contribution in [1.82, 2.24) is 24.9 Å². The van der Waals surface area contributed by atoms with E-state index < -0.39 is 11.9 Å². The lowest BCUT2D eigenvalue weighted by molar-refractivity contribution is -0.142. The smallest absolute Gasteiger partial charge is 0.378 e. The highest BCUT2D eigenvalue weighted by molar-refractivity contribution is 5.74. The number of hydrogen-bond donors (Lipinski definition) is 1. The zero-order valence-corrected chi connectivity index (χ0v) is 13.3. The Labute approximate surface area is 137 Å². The van der Waals surface area contributed by atoms with E-state index in [1.165, 1.54) is 13.2 Å². The van der Waals surface area contributed by atoms with Crippen molar-refractivity contribution in [3.63, 3.8) is 0 Å². The number of ether oxygens (including phenoxy) is 1. The summed E-state index contributed by atoms with van der Waals surface area (Å²) >= 11 is 0. The first-order valence-corrected chi connectivity index (χ1v) is 7.79. The third kappa shape index (κ3) is 3.64. The van der Waals surface area contributed by atoms with E-state index in [9.17, 15) is 18.0 Å². The predicted octanol–water partition coefficient (Wildman–Crippen LogP) is 0.665. The maximum absolute atomic E-state index is 12.9. The van der Waals surface area contributed by atoms with Crippen LogP contribution in [0.25, 0.3) is 0 Å². The van der Waals surface area contributed by atoms with Crippen molar-refractivity contribution in [2.45, 2.75) is 18.8 Å². The Kier molecular flexibility index (Phi) is 4.68. The maximum atomic E-state index is 12.9. The molecule has 3 rings (SSSR count). The van der Waals surface area contributed by atoms with Gasteiger partial charge in [0.05, 0.1) is 19.3 Å². The number of aromatic nitrogens is 2. The zero-order chi connectivity index (χ0) is 17.3. The Morgan fingerprint density at radius 2 is 2.21 bits per heavy atom. The number of carbonyl (C=O) groups excluding carboxylic acids is 1. The van der Waals surface area contributed by atoms with Crippen LogP contribution in [0.3, 0.4) is 0 Å². The van der Waals surface area contributed by atoms with E-state index in [0.29, 0.717) is 26.3 Å². The predicted molar refractivity (Wildman–Crippen MR) is 78.2 cm³/mol. The normalized spacial score (nSPS) is 22.3. The average molecular weight is 347 g/mol. The van der Waals surface area contributed by atoms with Crippen molar-refractivity contribution in [3.05, 3.63) is 17.5 Å². The molecule has 2 fully saturated rings. The largest absolute Gasteiger partial charge is 0.435 e. The average Bonchev–Trinajstić information content (AvgIpc) is 2.93. The Morgan fingerprint density at radius 1 is 1.42 bits per heavy atom. The molecule has 1 aromatic rings. The van der Waals surface area contributed by atoms with Gasteiger partial charge in [0.1, 0.15) is 0 Å². The number of halogens is 3. The summed E-state index contributed by atoms with van der Waals surface area (Å²) < 4.78 is 45.2. The summed E-state index contributed by atoms with van der Waals surface area (Å²) in [6.07, 6.45) is -3.26. The molecule has 0 bridgehead atoms. The van der Waals surface area contributed by atoms with Crippen LogP contribution >= 0.6 is 0 Å². The van der Waals surface area contributed by atoms with Crippen molar-refractivity contribution in [2.75, 3.05) is 39.4 Å². The number of carbonyl (C=O) groups is 1. The molecule has 134 valence electrons. The summed E-state index contributed by atoms with van der Waals surface area (Å²) in [7, 11) is 1.42. The standard InChI is InChI=1S/C14H20F3N5O2/c1-20-7-10(12(19-20)14(15,16)17)6-18-13(23)22-3-2-21-4-5-24-9-11(21)8-22/h7,11H,2-6,8-9H2,1H3,(H,18,23)/t11-/m0/s1. The number of nitrogens with zero attached hydrogens (tertiary/aromatic N) is 4. The summed E-state index contributed by atoms with van der Waals surface area (Å²) in [6, 6.07) is -0.209. The maximum Gasteiger partial charge on any atom is 0.435 e. The number of rotatable bonds is 2. The number of amides is 2. The number of alkyl halides is 3. The third-order valence-corrected chi connectivity index (χ3v) is 4.33. The van der Waals surface area contributed by atoms with Crippen LogP contribution in [-0.2, 0) is 24.5 Å². The van der Waals surface area contributed by atoms with Gasteiger partial charge in [-0.3, -0.25) is 9.58 Å². The van der Waals surface area contributed by atoms with Gasteiger partial charge < -0.3 is 15.0 Å². The van der Waals surface area contributed by atoms with Crippen LogP contribution < -0.4 is 5.32 Å². The van der Waals surface area contributed by atoms with E-state index in [1.807, 2.05) is 0 Å². The summed E-state index contributed by atoms with van der Waals surface area (Å²) in [5.41, 5.74) is -1.01. The van der Waals surface area contributed by atoms with Gasteiger partial charge >= 0.3 is 12.2 Å². The van der Waals surface area contributed by atoms with Gasteiger partial charge in [0.25, 0.3) is 0 Å². The summed E-state index contributed by atoms with van der Waals surface area (Å²) in [4.78, 5) is 16.2. The SMILES string of the molecule is Cn1cc(CNC(=O)N2CCN3CCOC[C@@H]3C2)c(C(F)(F)F)n1. The summed E-state index contributed by atoms with van der Waals surface area (Å²) in [5.74, 6) is 0. The fourth-order valence-corrected chi connectivity index (χ4v) is 3.12. The highest BCUT2D eigenvalue weighted by Gasteiger charge is 2.37.